The fourth-order valence-electron chi connectivity index (χ4n) is 3.65. The lowest BCUT2D eigenvalue weighted by atomic mass is 10.0. The second kappa shape index (κ2) is 12.2. The van der Waals surface area contributed by atoms with Crippen molar-refractivity contribution in [2.24, 2.45) is 0 Å². The van der Waals surface area contributed by atoms with Gasteiger partial charge in [0, 0.05) is 41.7 Å². The number of carbonyl (C=O) groups excluding carboxylic acids is 2. The first-order valence-corrected chi connectivity index (χ1v) is 11.3. The minimum atomic E-state index is -0.381. The molecule has 0 aromatic carbocycles. The number of amides is 2. The molecule has 0 bridgehead atoms. The Morgan fingerprint density at radius 1 is 1.31 bits per heavy atom. The molecule has 0 saturated heterocycles. The number of hydrogen-bond acceptors (Lipinski definition) is 6. The molecule has 2 atom stereocenters. The Morgan fingerprint density at radius 3 is 2.72 bits per heavy atom. The molecule has 1 aliphatic rings. The molecule has 2 aromatic heterocycles. The molecule has 10 heteroatoms. The molecule has 32 heavy (non-hydrogen) atoms. The number of ether oxygens (including phenoxy) is 2. The average molecular weight is 455 g/mol. The monoisotopic (exact) mass is 454 g/mol. The van der Waals surface area contributed by atoms with Crippen LogP contribution >= 0.6 is 0 Å². The van der Waals surface area contributed by atoms with Crippen molar-refractivity contribution < 1.29 is 23.3 Å². The Labute approximate surface area is 193 Å². The molecule has 0 radical (unpaired) electrons. The van der Waals surface area contributed by atoms with Crippen molar-refractivity contribution in [3.05, 3.63) is 29.2 Å². The summed E-state index contributed by atoms with van der Waals surface area (Å²) in [5.74, 6) is 0.381. The highest BCUT2D eigenvalue weighted by atomic mass is 16.6. The summed E-state index contributed by atoms with van der Waals surface area (Å²) < 4.78 is 12.2. The number of aryl methyl sites for hydroxylation is 1. The van der Waals surface area contributed by atoms with Gasteiger partial charge in [-0.2, -0.15) is 10.2 Å². The molecule has 1 saturated carbocycles. The molecule has 1 aliphatic carbocycles. The normalized spacial score (nSPS) is 17.6. The summed E-state index contributed by atoms with van der Waals surface area (Å²) in [6, 6.07) is 3.60. The van der Waals surface area contributed by atoms with Crippen molar-refractivity contribution in [1.29, 1.82) is 0 Å². The van der Waals surface area contributed by atoms with Crippen molar-refractivity contribution >= 4 is 17.8 Å². The predicted molar refractivity (Wildman–Crippen MR) is 128 cm³/mol. The lowest BCUT2D eigenvalue weighted by Crippen LogP contribution is -2.33. The van der Waals surface area contributed by atoms with E-state index in [0.717, 1.165) is 25.0 Å². The average Bonchev–Trinajstić information content (AvgIpc) is 3.48. The van der Waals surface area contributed by atoms with Crippen molar-refractivity contribution in [2.45, 2.75) is 85.1 Å². The molecule has 184 valence electrons. The zero-order valence-electron chi connectivity index (χ0n) is 19.9. The number of aromatic amines is 1. The zero-order chi connectivity index (χ0) is 23.7. The summed E-state index contributed by atoms with van der Waals surface area (Å²) in [6.45, 7) is 10.6. The van der Waals surface area contributed by atoms with E-state index in [1.165, 1.54) is 0 Å². The Bertz CT molecular complexity index is 890. The molecular weight excluding hydrogens is 412 g/mol. The number of carbonyl (C=O) groups is 2. The molecule has 0 spiro atoms. The number of methoxy groups -OCH3 is 1. The topological polar surface area (TPSA) is 123 Å². The third-order valence-corrected chi connectivity index (χ3v) is 5.00. The van der Waals surface area contributed by atoms with Crippen LogP contribution in [0.2, 0.25) is 0 Å². The second-order valence-electron chi connectivity index (χ2n) is 7.77. The van der Waals surface area contributed by atoms with Crippen LogP contribution in [0.5, 0.6) is 0 Å². The van der Waals surface area contributed by atoms with Gasteiger partial charge in [-0.25, -0.2) is 4.79 Å². The van der Waals surface area contributed by atoms with Gasteiger partial charge in [0.15, 0.2) is 5.82 Å². The van der Waals surface area contributed by atoms with Gasteiger partial charge in [0.2, 0.25) is 0 Å². The van der Waals surface area contributed by atoms with Crippen LogP contribution < -0.4 is 10.6 Å². The Kier molecular flexibility index (Phi) is 9.70. The van der Waals surface area contributed by atoms with E-state index in [1.807, 2.05) is 40.7 Å². The van der Waals surface area contributed by atoms with Crippen LogP contribution in [0.15, 0.2) is 12.1 Å². The molecule has 0 unspecified atom stereocenters. The van der Waals surface area contributed by atoms with Gasteiger partial charge in [-0.3, -0.25) is 14.6 Å². The summed E-state index contributed by atoms with van der Waals surface area (Å²) >= 11 is 0. The molecule has 2 aromatic rings. The number of H-pyrrole nitrogens is 1. The van der Waals surface area contributed by atoms with Gasteiger partial charge >= 0.3 is 6.09 Å². The van der Waals surface area contributed by atoms with E-state index in [-0.39, 0.29) is 34.3 Å². The second-order valence-corrected chi connectivity index (χ2v) is 7.77. The van der Waals surface area contributed by atoms with E-state index >= 15 is 0 Å². The number of hydrogen-bond donors (Lipinski definition) is 3. The molecule has 2 heterocycles. The van der Waals surface area contributed by atoms with E-state index in [1.54, 1.807) is 17.9 Å². The largest absolute Gasteiger partial charge is 0.446 e. The summed E-state index contributed by atoms with van der Waals surface area (Å²) in [6.07, 6.45) is 1.92. The quantitative estimate of drug-likeness (QED) is 0.537. The highest BCUT2D eigenvalue weighted by molar-refractivity contribution is 6.02. The summed E-state index contributed by atoms with van der Waals surface area (Å²) in [5, 5.41) is 17.1. The highest BCUT2D eigenvalue weighted by Crippen LogP contribution is 2.35. The van der Waals surface area contributed by atoms with E-state index < -0.39 is 0 Å². The van der Waals surface area contributed by atoms with Crippen LogP contribution in [-0.4, -0.2) is 51.2 Å². The minimum absolute atomic E-state index is 0. The van der Waals surface area contributed by atoms with Crippen LogP contribution in [0.4, 0.5) is 10.6 Å². The maximum atomic E-state index is 12.7. The lowest BCUT2D eigenvalue weighted by molar-refractivity contribution is 0.0979. The van der Waals surface area contributed by atoms with Gasteiger partial charge in [0.05, 0.1) is 12.3 Å². The summed E-state index contributed by atoms with van der Waals surface area (Å²) in [5.41, 5.74) is 2.08. The van der Waals surface area contributed by atoms with Crippen molar-refractivity contribution in [3.63, 3.8) is 0 Å². The fraction of sp³-hybridized carbons (Fsp3) is 0.636. The maximum absolute atomic E-state index is 12.7. The van der Waals surface area contributed by atoms with Gasteiger partial charge < -0.3 is 20.1 Å². The first kappa shape index (κ1) is 25.4. The molecule has 3 N–H and O–H groups in total. The Morgan fingerprint density at radius 2 is 2.06 bits per heavy atom. The number of nitrogens with zero attached hydrogens (tertiary/aromatic N) is 3. The highest BCUT2D eigenvalue weighted by Gasteiger charge is 2.30. The molecule has 10 nitrogen and oxygen atoms in total. The van der Waals surface area contributed by atoms with Crippen LogP contribution in [-0.2, 0) is 22.6 Å². The smallest absolute Gasteiger partial charge is 0.407 e. The van der Waals surface area contributed by atoms with Crippen LogP contribution in [0.25, 0.3) is 0 Å². The molecule has 1 fully saturated rings. The van der Waals surface area contributed by atoms with Crippen molar-refractivity contribution in [2.75, 3.05) is 12.4 Å². The SMILES string of the molecule is CC.CCn1nc(COC)cc1C(=O)Nc1cc([C@H]2CC[C@@H](OC(=O)NC(C)C)C2)[nH]n1.[HH].[HH].[HH]. The number of aromatic nitrogens is 4. The molecule has 3 rings (SSSR count). The first-order valence-electron chi connectivity index (χ1n) is 11.3. The van der Waals surface area contributed by atoms with Crippen LogP contribution in [0, 0.1) is 0 Å². The Balaban J connectivity index is 0. The minimum Gasteiger partial charge on any atom is -0.446 e. The zero-order valence-corrected chi connectivity index (χ0v) is 19.9. The molecule has 2 amide bonds. The van der Waals surface area contributed by atoms with Crippen LogP contribution in [0.3, 0.4) is 0 Å². The van der Waals surface area contributed by atoms with Crippen molar-refractivity contribution in [3.8, 4) is 0 Å². The van der Waals surface area contributed by atoms with Gasteiger partial charge in [-0.05, 0) is 46.1 Å². The predicted octanol–water partition coefficient (Wildman–Crippen LogP) is 4.56. The summed E-state index contributed by atoms with van der Waals surface area (Å²) in [4.78, 5) is 24.5. The van der Waals surface area contributed by atoms with E-state index in [0.29, 0.717) is 30.4 Å². The summed E-state index contributed by atoms with van der Waals surface area (Å²) in [7, 11) is 1.59. The van der Waals surface area contributed by atoms with E-state index in [9.17, 15) is 9.59 Å². The van der Waals surface area contributed by atoms with Crippen LogP contribution in [0.1, 0.15) is 86.0 Å². The van der Waals surface area contributed by atoms with Gasteiger partial charge in [0.25, 0.3) is 5.91 Å². The van der Waals surface area contributed by atoms with Gasteiger partial charge in [-0.15, -0.1) is 0 Å². The lowest BCUT2D eigenvalue weighted by Gasteiger charge is -2.14. The molecule has 0 aliphatic heterocycles. The number of anilines is 1. The van der Waals surface area contributed by atoms with Crippen molar-refractivity contribution in [1.82, 2.24) is 25.3 Å². The number of nitrogens with one attached hydrogen (secondary N) is 3. The number of alkyl carbamates (subject to hydrolysis) is 1. The number of rotatable bonds is 8. The van der Waals surface area contributed by atoms with Gasteiger partial charge in [-0.1, -0.05) is 13.8 Å². The van der Waals surface area contributed by atoms with E-state index in [2.05, 4.69) is 25.9 Å². The fourth-order valence-corrected chi connectivity index (χ4v) is 3.65. The maximum Gasteiger partial charge on any atom is 0.407 e. The standard InChI is InChI=1S/C20H30N6O4.C2H6.3H2/c1-5-26-17(9-14(25-26)11-29-4)19(27)22-18-10-16(23-24-18)13-6-7-15(8-13)30-20(28)21-12(2)3;1-2;;;/h9-10,12-13,15H,5-8,11H2,1-4H3,(H,21,28)(H2,22,23,24,27);1-2H3;3*1H/t13-,15+;;;;/m0..../s1. The van der Waals surface area contributed by atoms with E-state index in [4.69, 9.17) is 9.47 Å². The third-order valence-electron chi connectivity index (χ3n) is 5.00. The molecular formula is C22H42N6O4. The van der Waals surface area contributed by atoms with Gasteiger partial charge in [0.1, 0.15) is 11.8 Å². The third kappa shape index (κ3) is 6.81. The Hall–Kier alpha value is -2.88. The first-order chi connectivity index (χ1) is 15.4.